The molecule has 0 spiro atoms. The number of thiophene rings is 5. The Kier molecular flexibility index (Phi) is 6.56. The minimum Gasteiger partial charge on any atom is -0.477 e. The smallest absolute Gasteiger partial charge is 0.345 e. The van der Waals surface area contributed by atoms with Crippen LogP contribution in [0.2, 0.25) is 0 Å². The summed E-state index contributed by atoms with van der Waals surface area (Å²) < 4.78 is 0. The minimum atomic E-state index is -1.09. The van der Waals surface area contributed by atoms with Crippen LogP contribution in [0.4, 0.5) is 0 Å². The van der Waals surface area contributed by atoms with Gasteiger partial charge in [0.25, 0.3) is 0 Å². The number of carbonyl (C=O) groups is 4. The van der Waals surface area contributed by atoms with Crippen molar-refractivity contribution in [2.45, 2.75) is 0 Å². The van der Waals surface area contributed by atoms with Crippen LogP contribution in [-0.2, 0) is 0 Å². The van der Waals surface area contributed by atoms with Gasteiger partial charge >= 0.3 is 23.9 Å². The van der Waals surface area contributed by atoms with Gasteiger partial charge in [0.15, 0.2) is 0 Å². The second-order valence-corrected chi connectivity index (χ2v) is 12.7. The Morgan fingerprint density at radius 1 is 0.405 bits per heavy atom. The molecule has 0 unspecified atom stereocenters. The summed E-state index contributed by atoms with van der Waals surface area (Å²) >= 11 is 5.55. The third kappa shape index (κ3) is 4.63. The zero-order valence-electron chi connectivity index (χ0n) is 18.1. The Labute approximate surface area is 227 Å². The van der Waals surface area contributed by atoms with Crippen molar-refractivity contribution >= 4 is 80.6 Å². The van der Waals surface area contributed by atoms with Crippen LogP contribution in [0.15, 0.2) is 48.5 Å². The molecule has 5 aromatic heterocycles. The Morgan fingerprint density at radius 2 is 0.676 bits per heavy atom. The summed E-state index contributed by atoms with van der Waals surface area (Å²) in [5, 5.41) is 38.0. The van der Waals surface area contributed by atoms with E-state index in [0.29, 0.717) is 40.4 Å². The quantitative estimate of drug-likeness (QED) is 0.146. The number of carboxylic acids is 4. The monoisotopic (exact) mass is 588 g/mol. The molecule has 0 fully saturated rings. The molecule has 5 aromatic rings. The zero-order valence-corrected chi connectivity index (χ0v) is 22.2. The molecule has 0 atom stereocenters. The van der Waals surface area contributed by atoms with Crippen LogP contribution in [-0.4, -0.2) is 44.3 Å². The lowest BCUT2D eigenvalue weighted by molar-refractivity contribution is 0.0691. The van der Waals surface area contributed by atoms with E-state index in [1.54, 1.807) is 24.3 Å². The van der Waals surface area contributed by atoms with Gasteiger partial charge in [-0.2, -0.15) is 0 Å². The predicted octanol–water partition coefficient (Wildman–Crippen LogP) is 7.45. The molecule has 0 aliphatic rings. The van der Waals surface area contributed by atoms with Gasteiger partial charge in [0.1, 0.15) is 19.5 Å². The van der Waals surface area contributed by atoms with Gasteiger partial charge in [-0.3, -0.25) is 0 Å². The third-order valence-corrected chi connectivity index (χ3v) is 11.0. The molecule has 0 saturated carbocycles. The van der Waals surface area contributed by atoms with Crippen LogP contribution in [0.1, 0.15) is 38.7 Å². The molecular formula is C24H12O8S5. The lowest BCUT2D eigenvalue weighted by Crippen LogP contribution is -1.89. The molecule has 0 radical (unpaired) electrons. The second kappa shape index (κ2) is 9.68. The highest BCUT2D eigenvalue weighted by Gasteiger charge is 2.28. The van der Waals surface area contributed by atoms with Gasteiger partial charge in [0.2, 0.25) is 0 Å². The normalized spacial score (nSPS) is 11.0. The van der Waals surface area contributed by atoms with E-state index in [9.17, 15) is 39.6 Å². The Bertz CT molecular complexity index is 1590. The van der Waals surface area contributed by atoms with Gasteiger partial charge in [0.05, 0.1) is 9.75 Å². The first kappa shape index (κ1) is 25.0. The van der Waals surface area contributed by atoms with Crippen LogP contribution >= 0.6 is 56.7 Å². The van der Waals surface area contributed by atoms with E-state index in [1.807, 2.05) is 0 Å². The lowest BCUT2D eigenvalue weighted by atomic mass is 10.0. The van der Waals surface area contributed by atoms with Gasteiger partial charge in [-0.15, -0.1) is 56.7 Å². The van der Waals surface area contributed by atoms with Crippen LogP contribution in [0.25, 0.3) is 40.4 Å². The van der Waals surface area contributed by atoms with Gasteiger partial charge in [-0.05, 0) is 48.5 Å². The average Bonchev–Trinajstić information content (AvgIpc) is 3.65. The molecule has 0 aliphatic carbocycles. The molecule has 5 heterocycles. The second-order valence-electron chi connectivity index (χ2n) is 7.39. The molecule has 0 bridgehead atoms. The highest BCUT2D eigenvalue weighted by molar-refractivity contribution is 7.29. The Hall–Kier alpha value is -3.62. The first-order chi connectivity index (χ1) is 17.6. The van der Waals surface area contributed by atoms with Crippen molar-refractivity contribution in [3.8, 4) is 40.4 Å². The van der Waals surface area contributed by atoms with Crippen molar-refractivity contribution in [1.82, 2.24) is 0 Å². The molecule has 0 amide bonds. The van der Waals surface area contributed by atoms with E-state index in [-0.39, 0.29) is 19.5 Å². The molecule has 0 saturated heterocycles. The van der Waals surface area contributed by atoms with Crippen molar-refractivity contribution in [2.75, 3.05) is 0 Å². The first-order valence-electron chi connectivity index (χ1n) is 10.1. The van der Waals surface area contributed by atoms with Gasteiger partial charge in [-0.1, -0.05) is 0 Å². The molecule has 5 rings (SSSR count). The number of hydrogen-bond acceptors (Lipinski definition) is 9. The van der Waals surface area contributed by atoms with Crippen LogP contribution in [0, 0.1) is 0 Å². The van der Waals surface area contributed by atoms with Crippen LogP contribution in [0.3, 0.4) is 0 Å². The van der Waals surface area contributed by atoms with E-state index in [2.05, 4.69) is 0 Å². The summed E-state index contributed by atoms with van der Waals surface area (Å²) in [5.74, 6) is -4.33. The molecule has 0 aliphatic heterocycles. The Morgan fingerprint density at radius 3 is 0.946 bits per heavy atom. The fraction of sp³-hybridized carbons (Fsp3) is 0. The molecule has 8 nitrogen and oxygen atoms in total. The van der Waals surface area contributed by atoms with Gasteiger partial charge < -0.3 is 20.4 Å². The molecule has 37 heavy (non-hydrogen) atoms. The summed E-state index contributed by atoms with van der Waals surface area (Å²) in [7, 11) is 0. The highest BCUT2D eigenvalue weighted by Crippen LogP contribution is 2.56. The van der Waals surface area contributed by atoms with E-state index in [1.165, 1.54) is 35.6 Å². The third-order valence-electron chi connectivity index (χ3n) is 5.12. The van der Waals surface area contributed by atoms with Gasteiger partial charge in [0, 0.05) is 30.6 Å². The van der Waals surface area contributed by atoms with Crippen LogP contribution in [0.5, 0.6) is 0 Å². The van der Waals surface area contributed by atoms with E-state index >= 15 is 0 Å². The Balaban J connectivity index is 1.85. The van der Waals surface area contributed by atoms with Crippen molar-refractivity contribution in [1.29, 1.82) is 0 Å². The highest BCUT2D eigenvalue weighted by atomic mass is 32.1. The molecular weight excluding hydrogens is 577 g/mol. The largest absolute Gasteiger partial charge is 0.477 e. The fourth-order valence-electron chi connectivity index (χ4n) is 3.57. The lowest BCUT2D eigenvalue weighted by Gasteiger charge is -2.05. The SMILES string of the molecule is O=C(O)c1ccc(-c2sc(-c3ccc(C(=O)O)s3)c(-c3ccc(C(=O)O)s3)c2-c2ccc(C(=O)O)s2)s1. The maximum absolute atomic E-state index is 11.6. The first-order valence-corrected chi connectivity index (χ1v) is 14.2. The zero-order chi connectivity index (χ0) is 26.4. The number of hydrogen-bond donors (Lipinski definition) is 4. The van der Waals surface area contributed by atoms with Crippen molar-refractivity contribution < 1.29 is 39.6 Å². The fourth-order valence-corrected chi connectivity index (χ4v) is 8.76. The summed E-state index contributed by atoms with van der Waals surface area (Å²) in [6, 6.07) is 12.6. The minimum absolute atomic E-state index is 0.110. The van der Waals surface area contributed by atoms with Gasteiger partial charge in [-0.25, -0.2) is 19.2 Å². The van der Waals surface area contributed by atoms with Crippen LogP contribution < -0.4 is 0 Å². The average molecular weight is 589 g/mol. The summed E-state index contributed by atoms with van der Waals surface area (Å²) in [4.78, 5) is 50.7. The van der Waals surface area contributed by atoms with E-state index in [0.717, 1.165) is 45.3 Å². The van der Waals surface area contributed by atoms with E-state index in [4.69, 9.17) is 0 Å². The van der Waals surface area contributed by atoms with Crippen molar-refractivity contribution in [2.24, 2.45) is 0 Å². The number of rotatable bonds is 8. The maximum atomic E-state index is 11.6. The predicted molar refractivity (Wildman–Crippen MR) is 145 cm³/mol. The topological polar surface area (TPSA) is 149 Å². The molecule has 186 valence electrons. The van der Waals surface area contributed by atoms with Crippen molar-refractivity contribution in [3.05, 3.63) is 68.0 Å². The number of carboxylic acid groups (broad SMARTS) is 4. The maximum Gasteiger partial charge on any atom is 0.345 e. The number of aromatic carboxylic acids is 4. The standard InChI is InChI=1S/C24H12O8S5/c25-21(26)13-5-1-9(33-13)17-18(10-2-6-14(34-10)22(27)28)20(12-4-8-16(36-12)24(31)32)37-19(17)11-3-7-15(35-11)23(29)30/h1-8H,(H,25,26)(H,27,28)(H,29,30)(H,31,32). The van der Waals surface area contributed by atoms with Crippen molar-refractivity contribution in [3.63, 3.8) is 0 Å². The molecule has 13 heteroatoms. The molecule has 0 aromatic carbocycles. The van der Waals surface area contributed by atoms with E-state index < -0.39 is 23.9 Å². The summed E-state index contributed by atoms with van der Waals surface area (Å²) in [6.45, 7) is 0. The summed E-state index contributed by atoms with van der Waals surface area (Å²) in [6.07, 6.45) is 0. The molecule has 4 N–H and O–H groups in total. The summed E-state index contributed by atoms with van der Waals surface area (Å²) in [5.41, 5.74) is 1.28.